The van der Waals surface area contributed by atoms with E-state index >= 15 is 0 Å². The minimum atomic E-state index is 0.0441. The fourth-order valence-corrected chi connectivity index (χ4v) is 8.55. The molecule has 10 rings (SSSR count). The Morgan fingerprint density at radius 2 is 0.815 bits per heavy atom. The van der Waals surface area contributed by atoms with Crippen LogP contribution in [0, 0.1) is 0 Å². The van der Waals surface area contributed by atoms with Gasteiger partial charge in [0.1, 0.15) is 0 Å². The molecular weight excluding hydrogens is 653 g/mol. The Labute approximate surface area is 317 Å². The molecule has 0 unspecified atom stereocenters. The third-order valence-electron chi connectivity index (χ3n) is 11.5. The Kier molecular flexibility index (Phi) is 7.04. The van der Waals surface area contributed by atoms with Crippen molar-refractivity contribution in [1.82, 2.24) is 4.57 Å². The molecular formula is C52H44N2. The average Bonchev–Trinajstić information content (AvgIpc) is 3.50. The Bertz CT molecular complexity index is 2850. The van der Waals surface area contributed by atoms with Crippen molar-refractivity contribution in [2.75, 3.05) is 4.90 Å². The summed E-state index contributed by atoms with van der Waals surface area (Å²) >= 11 is 0. The molecule has 0 saturated heterocycles. The highest BCUT2D eigenvalue weighted by Gasteiger charge is 2.25. The Morgan fingerprint density at radius 1 is 0.370 bits per heavy atom. The number of fused-ring (bicyclic) bond motifs is 9. The van der Waals surface area contributed by atoms with Gasteiger partial charge in [0.05, 0.1) is 11.0 Å². The summed E-state index contributed by atoms with van der Waals surface area (Å²) < 4.78 is 2.41. The van der Waals surface area contributed by atoms with E-state index in [9.17, 15) is 0 Å². The Hall–Kier alpha value is -6.12. The Morgan fingerprint density at radius 3 is 1.33 bits per heavy atom. The van der Waals surface area contributed by atoms with E-state index in [0.717, 1.165) is 5.69 Å². The Balaban J connectivity index is 1.09. The van der Waals surface area contributed by atoms with Crippen molar-refractivity contribution in [3.63, 3.8) is 0 Å². The number of nitrogens with zero attached hydrogens (tertiary/aromatic N) is 2. The first kappa shape index (κ1) is 32.5. The van der Waals surface area contributed by atoms with Gasteiger partial charge in [0, 0.05) is 33.5 Å². The molecule has 0 amide bonds. The summed E-state index contributed by atoms with van der Waals surface area (Å²) in [5.41, 5.74) is 15.2. The van der Waals surface area contributed by atoms with Crippen molar-refractivity contribution < 1.29 is 0 Å². The van der Waals surface area contributed by atoms with Crippen molar-refractivity contribution in [1.29, 1.82) is 0 Å². The molecule has 1 heterocycles. The fraction of sp³-hybridized carbons (Fsp3) is 0.154. The lowest BCUT2D eigenvalue weighted by Crippen LogP contribution is -2.16. The number of rotatable bonds is 4. The first-order valence-electron chi connectivity index (χ1n) is 19.2. The van der Waals surface area contributed by atoms with Gasteiger partial charge in [-0.15, -0.1) is 0 Å². The van der Waals surface area contributed by atoms with Gasteiger partial charge in [0.2, 0.25) is 0 Å². The van der Waals surface area contributed by atoms with Crippen LogP contribution >= 0.6 is 0 Å². The van der Waals surface area contributed by atoms with Gasteiger partial charge in [-0.25, -0.2) is 0 Å². The zero-order chi connectivity index (χ0) is 36.9. The standard InChI is InChI=1S/C52H44N2/c1-51(2,3)37-13-11-15-39(31-37)53(40-16-12-14-38(32-40)52(4,5)6)41-23-21-33-27-45-46-28-34-22-24-42(26-36(34)30-48(46)47(45)29-35(33)25-41)54-49-19-9-7-17-43(49)44-18-8-10-20-50(44)54/h7-32H,1-6H3. The third kappa shape index (κ3) is 5.16. The van der Waals surface area contributed by atoms with Gasteiger partial charge in [-0.2, -0.15) is 0 Å². The van der Waals surface area contributed by atoms with Crippen LogP contribution in [0.25, 0.3) is 71.3 Å². The van der Waals surface area contributed by atoms with E-state index in [1.54, 1.807) is 0 Å². The molecule has 9 aromatic rings. The molecule has 0 spiro atoms. The molecule has 54 heavy (non-hydrogen) atoms. The highest BCUT2D eigenvalue weighted by atomic mass is 15.1. The van der Waals surface area contributed by atoms with Crippen LogP contribution in [0.5, 0.6) is 0 Å². The number of aromatic nitrogens is 1. The smallest absolute Gasteiger partial charge is 0.0541 e. The molecule has 0 aliphatic heterocycles. The van der Waals surface area contributed by atoms with E-state index in [1.165, 1.54) is 93.8 Å². The second-order valence-corrected chi connectivity index (χ2v) is 17.2. The molecule has 8 aromatic carbocycles. The summed E-state index contributed by atoms with van der Waals surface area (Å²) in [6.45, 7) is 13.7. The van der Waals surface area contributed by atoms with Crippen LogP contribution in [0.4, 0.5) is 17.1 Å². The predicted octanol–water partition coefficient (Wildman–Crippen LogP) is 14.8. The fourth-order valence-electron chi connectivity index (χ4n) is 8.55. The summed E-state index contributed by atoms with van der Waals surface area (Å²) in [7, 11) is 0. The van der Waals surface area contributed by atoms with Crippen LogP contribution in [0.2, 0.25) is 0 Å². The average molecular weight is 697 g/mol. The summed E-state index contributed by atoms with van der Waals surface area (Å²) in [4.78, 5) is 2.43. The normalized spacial score (nSPS) is 12.6. The summed E-state index contributed by atoms with van der Waals surface area (Å²) in [6.07, 6.45) is 0. The minimum Gasteiger partial charge on any atom is -0.310 e. The summed E-state index contributed by atoms with van der Waals surface area (Å²) in [6, 6.07) is 59.1. The van der Waals surface area contributed by atoms with Crippen molar-refractivity contribution in [3.8, 4) is 27.9 Å². The molecule has 0 N–H and O–H groups in total. The summed E-state index contributed by atoms with van der Waals surface area (Å²) in [5.74, 6) is 0. The molecule has 0 fully saturated rings. The van der Waals surface area contributed by atoms with Crippen LogP contribution < -0.4 is 4.90 Å². The second kappa shape index (κ2) is 11.7. The molecule has 2 nitrogen and oxygen atoms in total. The molecule has 262 valence electrons. The van der Waals surface area contributed by atoms with Crippen molar-refractivity contribution in [3.05, 3.63) is 169 Å². The maximum absolute atomic E-state index is 2.43. The lowest BCUT2D eigenvalue weighted by atomic mass is 9.78. The molecule has 0 atom stereocenters. The van der Waals surface area contributed by atoms with Crippen LogP contribution in [0.15, 0.2) is 158 Å². The van der Waals surface area contributed by atoms with E-state index < -0.39 is 0 Å². The lowest BCUT2D eigenvalue weighted by molar-refractivity contribution is 0.590. The topological polar surface area (TPSA) is 8.17 Å². The zero-order valence-corrected chi connectivity index (χ0v) is 31.9. The van der Waals surface area contributed by atoms with E-state index in [0.29, 0.717) is 0 Å². The van der Waals surface area contributed by atoms with Crippen LogP contribution in [-0.2, 0) is 10.8 Å². The van der Waals surface area contributed by atoms with Gasteiger partial charge < -0.3 is 9.47 Å². The molecule has 0 radical (unpaired) electrons. The van der Waals surface area contributed by atoms with Gasteiger partial charge in [-0.05, 0) is 151 Å². The van der Waals surface area contributed by atoms with E-state index in [-0.39, 0.29) is 10.8 Å². The van der Waals surface area contributed by atoms with Crippen molar-refractivity contribution in [2.45, 2.75) is 52.4 Å². The molecule has 1 aromatic heterocycles. The lowest BCUT2D eigenvalue weighted by Gasteiger charge is -2.30. The number of hydrogen-bond acceptors (Lipinski definition) is 1. The predicted molar refractivity (Wildman–Crippen MR) is 232 cm³/mol. The quantitative estimate of drug-likeness (QED) is 0.178. The number of anilines is 3. The van der Waals surface area contributed by atoms with E-state index in [1.807, 2.05) is 0 Å². The highest BCUT2D eigenvalue weighted by Crippen LogP contribution is 2.51. The van der Waals surface area contributed by atoms with E-state index in [4.69, 9.17) is 0 Å². The monoisotopic (exact) mass is 696 g/mol. The largest absolute Gasteiger partial charge is 0.310 e. The summed E-state index contributed by atoms with van der Waals surface area (Å²) in [5, 5.41) is 7.61. The van der Waals surface area contributed by atoms with Crippen LogP contribution in [-0.4, -0.2) is 4.57 Å². The maximum atomic E-state index is 2.43. The molecule has 1 aliphatic carbocycles. The SMILES string of the molecule is CC(C)(C)c1cccc(N(c2cccc(C(C)(C)C)c2)c2ccc3cc4c(cc3c2)-c2cc3cc(-n5c6ccccc6c6ccccc65)ccc3cc2-4)c1. The number of para-hydroxylation sites is 2. The molecule has 2 heteroatoms. The minimum absolute atomic E-state index is 0.0441. The first-order valence-corrected chi connectivity index (χ1v) is 19.2. The van der Waals surface area contributed by atoms with Crippen molar-refractivity contribution in [2.24, 2.45) is 0 Å². The van der Waals surface area contributed by atoms with Gasteiger partial charge >= 0.3 is 0 Å². The van der Waals surface area contributed by atoms with Crippen LogP contribution in [0.3, 0.4) is 0 Å². The number of benzene rings is 8. The second-order valence-electron chi connectivity index (χ2n) is 17.2. The van der Waals surface area contributed by atoms with Crippen LogP contribution in [0.1, 0.15) is 52.7 Å². The van der Waals surface area contributed by atoms with Gasteiger partial charge in [0.15, 0.2) is 0 Å². The maximum Gasteiger partial charge on any atom is 0.0541 e. The highest BCUT2D eigenvalue weighted by molar-refractivity contribution is 6.13. The third-order valence-corrected chi connectivity index (χ3v) is 11.5. The van der Waals surface area contributed by atoms with Gasteiger partial charge in [-0.3, -0.25) is 0 Å². The molecule has 0 bridgehead atoms. The van der Waals surface area contributed by atoms with Gasteiger partial charge in [0.25, 0.3) is 0 Å². The first-order chi connectivity index (χ1) is 26.0. The number of hydrogen-bond donors (Lipinski definition) is 0. The molecule has 1 aliphatic rings. The zero-order valence-electron chi connectivity index (χ0n) is 31.9. The molecule has 0 saturated carbocycles. The van der Waals surface area contributed by atoms with Gasteiger partial charge in [-0.1, -0.05) is 114 Å². The van der Waals surface area contributed by atoms with E-state index in [2.05, 4.69) is 209 Å². The van der Waals surface area contributed by atoms with Crippen molar-refractivity contribution >= 4 is 60.4 Å².